The molecule has 180 valence electrons. The fraction of sp³-hybridized carbons (Fsp3) is 0.304. The van der Waals surface area contributed by atoms with Crippen LogP contribution in [0.15, 0.2) is 30.3 Å². The van der Waals surface area contributed by atoms with Gasteiger partial charge in [-0.25, -0.2) is 5.10 Å². The van der Waals surface area contributed by atoms with Crippen LogP contribution < -0.4 is 15.5 Å². The van der Waals surface area contributed by atoms with Crippen molar-refractivity contribution in [2.75, 3.05) is 30.0 Å². The van der Waals surface area contributed by atoms with E-state index in [0.29, 0.717) is 40.8 Å². The lowest BCUT2D eigenvalue weighted by Gasteiger charge is -2.28. The Morgan fingerprint density at radius 3 is 2.89 bits per heavy atom. The minimum atomic E-state index is -0.857. The third-order valence-corrected chi connectivity index (χ3v) is 6.41. The Bertz CT molecular complexity index is 1270. The summed E-state index contributed by atoms with van der Waals surface area (Å²) in [6.45, 7) is 2.86. The zero-order chi connectivity index (χ0) is 24.8. The first-order chi connectivity index (χ1) is 16.9. The van der Waals surface area contributed by atoms with E-state index < -0.39 is 17.9 Å². The van der Waals surface area contributed by atoms with Crippen molar-refractivity contribution < 1.29 is 19.1 Å². The number of anilines is 2. The lowest BCUT2D eigenvalue weighted by atomic mass is 10.1. The third-order valence-electron chi connectivity index (χ3n) is 5.39. The summed E-state index contributed by atoms with van der Waals surface area (Å²) in [5.74, 6) is 2.09. The molecular weight excluding hydrogens is 470 g/mol. The Hall–Kier alpha value is -4.08. The minimum absolute atomic E-state index is 0.0487. The molecule has 35 heavy (non-hydrogen) atoms. The van der Waals surface area contributed by atoms with Crippen LogP contribution in [0.25, 0.3) is 0 Å². The second-order valence-electron chi connectivity index (χ2n) is 7.81. The summed E-state index contributed by atoms with van der Waals surface area (Å²) in [6, 6.07) is 7.74. The zero-order valence-electron chi connectivity index (χ0n) is 18.9. The smallest absolute Gasteiger partial charge is 0.262 e. The van der Waals surface area contributed by atoms with E-state index in [2.05, 4.69) is 37.2 Å². The van der Waals surface area contributed by atoms with E-state index in [1.165, 1.54) is 11.3 Å². The molecule has 3 N–H and O–H groups in total. The van der Waals surface area contributed by atoms with Gasteiger partial charge in [0.05, 0.1) is 16.4 Å². The number of nitrogens with zero attached hydrogens (tertiary/aromatic N) is 4. The van der Waals surface area contributed by atoms with E-state index in [9.17, 15) is 14.4 Å². The highest BCUT2D eigenvalue weighted by Gasteiger charge is 2.24. The highest BCUT2D eigenvalue weighted by atomic mass is 32.1. The van der Waals surface area contributed by atoms with E-state index in [4.69, 9.17) is 11.2 Å². The van der Waals surface area contributed by atoms with Crippen molar-refractivity contribution in [3.63, 3.8) is 0 Å². The average molecular weight is 494 g/mol. The number of amides is 3. The maximum absolute atomic E-state index is 13.2. The Morgan fingerprint density at radius 2 is 2.20 bits per heavy atom. The van der Waals surface area contributed by atoms with Crippen molar-refractivity contribution in [2.45, 2.75) is 25.8 Å². The summed E-state index contributed by atoms with van der Waals surface area (Å²) in [5, 5.41) is 19.2. The van der Waals surface area contributed by atoms with Gasteiger partial charge in [0.1, 0.15) is 18.5 Å². The normalized spacial score (nSPS) is 14.3. The Morgan fingerprint density at radius 1 is 1.34 bits per heavy atom. The van der Waals surface area contributed by atoms with Gasteiger partial charge in [0.25, 0.3) is 11.8 Å². The third kappa shape index (κ3) is 5.89. The summed E-state index contributed by atoms with van der Waals surface area (Å²) < 4.78 is 5.19. The van der Waals surface area contributed by atoms with Gasteiger partial charge in [-0.3, -0.25) is 14.4 Å². The first-order valence-electron chi connectivity index (χ1n) is 10.8. The van der Waals surface area contributed by atoms with Crippen LogP contribution in [-0.4, -0.2) is 64.1 Å². The fourth-order valence-corrected chi connectivity index (χ4v) is 4.36. The minimum Gasteiger partial charge on any atom is -0.370 e. The number of benzene rings is 1. The molecule has 0 radical (unpaired) electrons. The molecule has 2 aromatic heterocycles. The quantitative estimate of drug-likeness (QED) is 0.401. The Kier molecular flexibility index (Phi) is 7.49. The molecule has 0 bridgehead atoms. The molecule has 11 nitrogen and oxygen atoms in total. The molecule has 1 fully saturated rings. The van der Waals surface area contributed by atoms with Gasteiger partial charge >= 0.3 is 0 Å². The molecule has 1 aliphatic rings. The van der Waals surface area contributed by atoms with Crippen LogP contribution >= 0.6 is 11.3 Å². The molecule has 3 aromatic rings. The highest BCUT2D eigenvalue weighted by Crippen LogP contribution is 2.25. The number of carbonyl (C=O) groups is 3. The van der Waals surface area contributed by atoms with Crippen LogP contribution in [0.4, 0.5) is 11.4 Å². The van der Waals surface area contributed by atoms with Crippen molar-refractivity contribution in [2.24, 2.45) is 0 Å². The summed E-state index contributed by atoms with van der Waals surface area (Å²) in [4.78, 5) is 40.8. The van der Waals surface area contributed by atoms with Crippen molar-refractivity contribution in [3.05, 3.63) is 51.5 Å². The molecule has 12 heteroatoms. The van der Waals surface area contributed by atoms with Crippen molar-refractivity contribution in [1.82, 2.24) is 25.9 Å². The zero-order valence-corrected chi connectivity index (χ0v) is 19.7. The van der Waals surface area contributed by atoms with Gasteiger partial charge in [-0.05, 0) is 59.7 Å². The molecule has 4 rings (SSSR count). The summed E-state index contributed by atoms with van der Waals surface area (Å²) >= 11 is 1.17. The Labute approximate surface area is 205 Å². The SMILES string of the molecule is C#Cc1ccc(C(=O)NC(CCc2nnn[nH]2)C(=O)Nc2ccc(N3CCOCC3=O)c(C)c2)s1. The second-order valence-corrected chi connectivity index (χ2v) is 8.89. The number of nitrogens with one attached hydrogen (secondary N) is 3. The Balaban J connectivity index is 1.47. The number of hydrogen-bond acceptors (Lipinski definition) is 8. The molecule has 1 saturated heterocycles. The number of H-pyrrole nitrogens is 1. The number of aryl methyl sites for hydroxylation is 2. The van der Waals surface area contributed by atoms with Crippen LogP contribution in [0.2, 0.25) is 0 Å². The van der Waals surface area contributed by atoms with Gasteiger partial charge in [0.2, 0.25) is 5.91 Å². The maximum atomic E-state index is 13.2. The number of thiophene rings is 1. The molecule has 3 heterocycles. The standard InChI is InChI=1S/C23H23N7O4S/c1-3-16-5-8-19(35-16)23(33)25-17(6-9-20-26-28-29-27-20)22(32)24-15-4-7-18(14(2)12-15)30-10-11-34-13-21(30)31/h1,4-5,7-8,12,17H,6,9-11,13H2,2H3,(H,24,32)(H,25,33)(H,26,27,28,29). The van der Waals surface area contributed by atoms with E-state index in [-0.39, 0.29) is 18.9 Å². The topological polar surface area (TPSA) is 142 Å². The highest BCUT2D eigenvalue weighted by molar-refractivity contribution is 7.14. The number of ether oxygens (including phenoxy) is 1. The fourth-order valence-electron chi connectivity index (χ4n) is 3.64. The molecule has 1 aliphatic heterocycles. The van der Waals surface area contributed by atoms with Crippen LogP contribution in [0.5, 0.6) is 0 Å². The van der Waals surface area contributed by atoms with E-state index in [1.54, 1.807) is 35.2 Å². The number of carbonyl (C=O) groups excluding carboxylic acids is 3. The lowest BCUT2D eigenvalue weighted by Crippen LogP contribution is -2.44. The molecule has 0 spiro atoms. The number of hydrogen-bond donors (Lipinski definition) is 3. The molecule has 1 unspecified atom stereocenters. The summed E-state index contributed by atoms with van der Waals surface area (Å²) in [7, 11) is 0. The second kappa shape index (κ2) is 10.9. The van der Waals surface area contributed by atoms with Crippen molar-refractivity contribution in [1.29, 1.82) is 0 Å². The van der Waals surface area contributed by atoms with Gasteiger partial charge in [-0.1, -0.05) is 5.92 Å². The number of aromatic amines is 1. The average Bonchev–Trinajstić information content (AvgIpc) is 3.54. The van der Waals surface area contributed by atoms with E-state index in [0.717, 1.165) is 11.3 Å². The number of aromatic nitrogens is 4. The van der Waals surface area contributed by atoms with E-state index >= 15 is 0 Å². The van der Waals surface area contributed by atoms with Gasteiger partial charge in [0.15, 0.2) is 0 Å². The molecular formula is C23H23N7O4S. The lowest BCUT2D eigenvalue weighted by molar-refractivity contribution is -0.125. The first kappa shape index (κ1) is 24.1. The summed E-state index contributed by atoms with van der Waals surface area (Å²) in [5.41, 5.74) is 2.14. The van der Waals surface area contributed by atoms with Gasteiger partial charge in [-0.15, -0.1) is 22.9 Å². The monoisotopic (exact) mass is 493 g/mol. The number of rotatable bonds is 8. The number of tetrazole rings is 1. The van der Waals surface area contributed by atoms with Crippen molar-refractivity contribution in [3.8, 4) is 12.3 Å². The number of morpholine rings is 1. The van der Waals surface area contributed by atoms with Crippen molar-refractivity contribution >= 4 is 40.4 Å². The van der Waals surface area contributed by atoms with Crippen LogP contribution in [0, 0.1) is 19.3 Å². The molecule has 1 atom stereocenters. The largest absolute Gasteiger partial charge is 0.370 e. The summed E-state index contributed by atoms with van der Waals surface area (Å²) in [6.07, 6.45) is 6.01. The number of terminal acetylenes is 1. The van der Waals surface area contributed by atoms with Crippen LogP contribution in [0.3, 0.4) is 0 Å². The van der Waals surface area contributed by atoms with Crippen LogP contribution in [-0.2, 0) is 20.7 Å². The van der Waals surface area contributed by atoms with Gasteiger partial charge in [0, 0.05) is 24.3 Å². The van der Waals surface area contributed by atoms with Gasteiger partial charge < -0.3 is 20.3 Å². The predicted octanol–water partition coefficient (Wildman–Crippen LogP) is 1.28. The first-order valence-corrected chi connectivity index (χ1v) is 11.7. The van der Waals surface area contributed by atoms with Gasteiger partial charge in [-0.2, -0.15) is 0 Å². The molecule has 1 aromatic carbocycles. The molecule has 3 amide bonds. The van der Waals surface area contributed by atoms with E-state index in [1.807, 2.05) is 6.92 Å². The molecule has 0 saturated carbocycles. The predicted molar refractivity (Wildman–Crippen MR) is 129 cm³/mol. The molecule has 0 aliphatic carbocycles. The van der Waals surface area contributed by atoms with Crippen LogP contribution in [0.1, 0.15) is 32.4 Å². The maximum Gasteiger partial charge on any atom is 0.262 e.